The standard InChI is InChI=1S/C26H28N2O4.ClH/c1-17-13-24(29)28(25(17)30)23-10-6-5-9-20(23)26(31)32-16-21-19-11-12-22(21)27(15-19)14-18-7-3-2-4-8-18;/h2-10,17,19,21-22H,11-16H2,1H3;1H. The molecule has 4 unspecified atom stereocenters. The lowest BCUT2D eigenvalue weighted by Gasteiger charge is -2.27. The van der Waals surface area contributed by atoms with Gasteiger partial charge in [-0.2, -0.15) is 0 Å². The molecule has 1 saturated carbocycles. The number of carbonyl (C=O) groups is 3. The van der Waals surface area contributed by atoms with Crippen LogP contribution in [-0.4, -0.2) is 41.9 Å². The van der Waals surface area contributed by atoms with Crippen LogP contribution in [-0.2, 0) is 20.9 Å². The zero-order valence-corrected chi connectivity index (χ0v) is 19.5. The minimum absolute atomic E-state index is 0. The first-order valence-corrected chi connectivity index (χ1v) is 11.4. The van der Waals surface area contributed by atoms with Crippen molar-refractivity contribution in [2.75, 3.05) is 18.1 Å². The van der Waals surface area contributed by atoms with E-state index >= 15 is 0 Å². The molecule has 0 aromatic heterocycles. The summed E-state index contributed by atoms with van der Waals surface area (Å²) in [6.45, 7) is 4.06. The predicted molar refractivity (Wildman–Crippen MR) is 127 cm³/mol. The first kappa shape index (κ1) is 23.5. The average molecular weight is 469 g/mol. The van der Waals surface area contributed by atoms with Crippen LogP contribution in [0.15, 0.2) is 54.6 Å². The van der Waals surface area contributed by atoms with Gasteiger partial charge in [0, 0.05) is 37.4 Å². The monoisotopic (exact) mass is 468 g/mol. The largest absolute Gasteiger partial charge is 0.462 e. The van der Waals surface area contributed by atoms with E-state index in [1.54, 1.807) is 31.2 Å². The molecule has 7 heteroatoms. The summed E-state index contributed by atoms with van der Waals surface area (Å²) in [5.41, 5.74) is 1.91. The Labute approximate surface area is 200 Å². The highest BCUT2D eigenvalue weighted by Gasteiger charge is 2.47. The van der Waals surface area contributed by atoms with Crippen LogP contribution in [0.5, 0.6) is 0 Å². The lowest BCUT2D eigenvalue weighted by Crippen LogP contribution is -2.34. The molecule has 6 nitrogen and oxygen atoms in total. The number of ether oxygens (including phenoxy) is 1. The molecule has 2 aliphatic heterocycles. The first-order valence-electron chi connectivity index (χ1n) is 11.4. The van der Waals surface area contributed by atoms with Gasteiger partial charge in [0.25, 0.3) is 0 Å². The van der Waals surface area contributed by atoms with Gasteiger partial charge in [-0.05, 0) is 36.5 Å². The number of likely N-dealkylation sites (tertiary alicyclic amines) is 1. The number of halogens is 1. The minimum Gasteiger partial charge on any atom is -0.462 e. The summed E-state index contributed by atoms with van der Waals surface area (Å²) < 4.78 is 5.77. The summed E-state index contributed by atoms with van der Waals surface area (Å²) in [7, 11) is 0. The molecule has 5 rings (SSSR count). The van der Waals surface area contributed by atoms with Crippen LogP contribution < -0.4 is 4.90 Å². The Bertz CT molecular complexity index is 1040. The van der Waals surface area contributed by atoms with Crippen molar-refractivity contribution < 1.29 is 19.1 Å². The normalized spacial score (nSPS) is 26.5. The highest BCUT2D eigenvalue weighted by atomic mass is 35.5. The number of fused-ring (bicyclic) bond motifs is 2. The predicted octanol–water partition coefficient (Wildman–Crippen LogP) is 4.08. The zero-order valence-electron chi connectivity index (χ0n) is 18.7. The molecule has 3 fully saturated rings. The number of para-hydroxylation sites is 1. The number of benzene rings is 2. The van der Waals surface area contributed by atoms with Crippen molar-refractivity contribution in [1.82, 2.24) is 4.90 Å². The third-order valence-corrected chi connectivity index (χ3v) is 7.24. The van der Waals surface area contributed by atoms with Crippen molar-refractivity contribution in [3.05, 3.63) is 65.7 Å². The fourth-order valence-corrected chi connectivity index (χ4v) is 5.62. The van der Waals surface area contributed by atoms with E-state index in [0.717, 1.165) is 24.4 Å². The van der Waals surface area contributed by atoms with Gasteiger partial charge in [0.05, 0.1) is 17.9 Å². The Morgan fingerprint density at radius 1 is 1.03 bits per heavy atom. The van der Waals surface area contributed by atoms with Crippen molar-refractivity contribution in [2.24, 2.45) is 17.8 Å². The molecular formula is C26H29ClN2O4. The van der Waals surface area contributed by atoms with Gasteiger partial charge in [0.1, 0.15) is 0 Å². The lowest BCUT2D eigenvalue weighted by atomic mass is 9.99. The molecular weight excluding hydrogens is 440 g/mol. The number of anilines is 1. The third kappa shape index (κ3) is 4.42. The van der Waals surface area contributed by atoms with Gasteiger partial charge >= 0.3 is 5.97 Å². The maximum absolute atomic E-state index is 13.0. The number of esters is 1. The van der Waals surface area contributed by atoms with E-state index in [1.807, 2.05) is 6.07 Å². The summed E-state index contributed by atoms with van der Waals surface area (Å²) in [4.78, 5) is 41.5. The molecule has 1 aliphatic carbocycles. The topological polar surface area (TPSA) is 66.9 Å². The van der Waals surface area contributed by atoms with Crippen molar-refractivity contribution >= 4 is 35.9 Å². The molecule has 0 N–H and O–H groups in total. The SMILES string of the molecule is CC1CC(=O)N(c2ccccc2C(=O)OCC2C3CCC2N(Cc2ccccc2)C3)C1=O.Cl. The van der Waals surface area contributed by atoms with Crippen molar-refractivity contribution in [3.8, 4) is 0 Å². The summed E-state index contributed by atoms with van der Waals surface area (Å²) in [6.07, 6.45) is 2.47. The number of imide groups is 1. The molecule has 0 spiro atoms. The average Bonchev–Trinajstić information content (AvgIpc) is 3.42. The van der Waals surface area contributed by atoms with Crippen molar-refractivity contribution in [2.45, 2.75) is 38.8 Å². The highest BCUT2D eigenvalue weighted by Crippen LogP contribution is 2.43. The van der Waals surface area contributed by atoms with Crippen LogP contribution >= 0.6 is 12.4 Å². The number of hydrogen-bond acceptors (Lipinski definition) is 5. The molecule has 2 bridgehead atoms. The third-order valence-electron chi connectivity index (χ3n) is 7.24. The maximum atomic E-state index is 13.0. The van der Waals surface area contributed by atoms with E-state index in [-0.39, 0.29) is 42.1 Å². The Morgan fingerprint density at radius 2 is 1.76 bits per heavy atom. The van der Waals surface area contributed by atoms with Crippen LogP contribution in [0.4, 0.5) is 5.69 Å². The molecule has 2 aromatic carbocycles. The summed E-state index contributed by atoms with van der Waals surface area (Å²) >= 11 is 0. The molecule has 2 aromatic rings. The Balaban J connectivity index is 0.00000259. The van der Waals surface area contributed by atoms with E-state index in [0.29, 0.717) is 30.2 Å². The van der Waals surface area contributed by atoms with Gasteiger partial charge in [-0.3, -0.25) is 14.5 Å². The fraction of sp³-hybridized carbons (Fsp3) is 0.423. The van der Waals surface area contributed by atoms with Crippen LogP contribution in [0.2, 0.25) is 0 Å². The molecule has 4 atom stereocenters. The van der Waals surface area contributed by atoms with Crippen LogP contribution in [0.25, 0.3) is 0 Å². The number of amides is 2. The van der Waals surface area contributed by atoms with Crippen LogP contribution in [0, 0.1) is 17.8 Å². The molecule has 2 amide bonds. The molecule has 33 heavy (non-hydrogen) atoms. The second-order valence-electron chi connectivity index (χ2n) is 9.27. The summed E-state index contributed by atoms with van der Waals surface area (Å²) in [5, 5.41) is 0. The van der Waals surface area contributed by atoms with Gasteiger partial charge in [0.15, 0.2) is 0 Å². The van der Waals surface area contributed by atoms with Gasteiger partial charge in [-0.15, -0.1) is 12.4 Å². The molecule has 2 heterocycles. The van der Waals surface area contributed by atoms with Crippen LogP contribution in [0.1, 0.15) is 42.1 Å². The van der Waals surface area contributed by atoms with Crippen molar-refractivity contribution in [1.29, 1.82) is 0 Å². The Kier molecular flexibility index (Phi) is 6.86. The molecule has 0 radical (unpaired) electrons. The summed E-state index contributed by atoms with van der Waals surface area (Å²) in [6, 6.07) is 17.6. The second-order valence-corrected chi connectivity index (χ2v) is 9.27. The second kappa shape index (κ2) is 9.65. The minimum atomic E-state index is -0.471. The molecule has 174 valence electrons. The van der Waals surface area contributed by atoms with E-state index in [9.17, 15) is 14.4 Å². The number of carbonyl (C=O) groups excluding carboxylic acids is 3. The number of rotatable bonds is 6. The van der Waals surface area contributed by atoms with Gasteiger partial charge in [-0.25, -0.2) is 9.69 Å². The highest BCUT2D eigenvalue weighted by molar-refractivity contribution is 6.22. The maximum Gasteiger partial charge on any atom is 0.340 e. The quantitative estimate of drug-likeness (QED) is 0.472. The number of hydrogen-bond donors (Lipinski definition) is 0. The fourth-order valence-electron chi connectivity index (χ4n) is 5.62. The Morgan fingerprint density at radius 3 is 2.48 bits per heavy atom. The van der Waals surface area contributed by atoms with E-state index in [2.05, 4.69) is 29.2 Å². The zero-order chi connectivity index (χ0) is 22.2. The smallest absolute Gasteiger partial charge is 0.340 e. The van der Waals surface area contributed by atoms with Gasteiger partial charge in [0.2, 0.25) is 11.8 Å². The first-order chi connectivity index (χ1) is 15.5. The lowest BCUT2D eigenvalue weighted by molar-refractivity contribution is -0.122. The molecule has 2 saturated heterocycles. The number of piperidine rings is 1. The van der Waals surface area contributed by atoms with E-state index < -0.39 is 5.97 Å². The molecule has 3 aliphatic rings. The van der Waals surface area contributed by atoms with Crippen molar-refractivity contribution in [3.63, 3.8) is 0 Å². The number of nitrogens with zero attached hydrogens (tertiary/aromatic N) is 2. The van der Waals surface area contributed by atoms with E-state index in [1.165, 1.54) is 12.0 Å². The van der Waals surface area contributed by atoms with Crippen LogP contribution in [0.3, 0.4) is 0 Å². The summed E-state index contributed by atoms with van der Waals surface area (Å²) in [5.74, 6) is -0.508. The van der Waals surface area contributed by atoms with E-state index in [4.69, 9.17) is 4.74 Å². The van der Waals surface area contributed by atoms with Gasteiger partial charge < -0.3 is 4.74 Å². The Hall–Kier alpha value is -2.70. The van der Waals surface area contributed by atoms with Gasteiger partial charge in [-0.1, -0.05) is 49.4 Å².